The fraction of sp³-hybridized carbons (Fsp3) is 0.615. The van der Waals surface area contributed by atoms with Crippen LogP contribution in [0.2, 0.25) is 0 Å². The van der Waals surface area contributed by atoms with E-state index in [0.29, 0.717) is 5.92 Å². The molecule has 160 valence electrons. The van der Waals surface area contributed by atoms with Crippen LogP contribution in [0.4, 0.5) is 4.39 Å². The van der Waals surface area contributed by atoms with Crippen molar-refractivity contribution in [1.29, 1.82) is 0 Å². The zero-order chi connectivity index (χ0) is 20.9. The average molecular weight is 409 g/mol. The van der Waals surface area contributed by atoms with E-state index in [-0.39, 0.29) is 22.8 Å². The van der Waals surface area contributed by atoms with Gasteiger partial charge in [0.2, 0.25) is 0 Å². The van der Waals surface area contributed by atoms with E-state index in [1.165, 1.54) is 42.7 Å². The van der Waals surface area contributed by atoms with Crippen molar-refractivity contribution in [1.82, 2.24) is 0 Å². The molecule has 0 saturated heterocycles. The van der Waals surface area contributed by atoms with Gasteiger partial charge in [-0.1, -0.05) is 37.6 Å². The number of fused-ring (bicyclic) bond motifs is 5. The first kappa shape index (κ1) is 20.1. The second-order valence-electron chi connectivity index (χ2n) is 10.5. The van der Waals surface area contributed by atoms with Gasteiger partial charge >= 0.3 is 0 Å². The quantitative estimate of drug-likeness (QED) is 0.368. The standard InChI is InChI=1S/C26H33FN2O/c1-25-13-11-20(30)15-18(25)5-8-21-22-9-10-24(26(22,2)14-12-23(21)25)29-28-16-17-3-6-19(27)7-4-17/h3-7,16,20-23,30H,8-15H2,1-2H3/b28-16+,29-24+. The molecule has 4 aliphatic carbocycles. The van der Waals surface area contributed by atoms with Crippen LogP contribution in [0.15, 0.2) is 46.1 Å². The maximum Gasteiger partial charge on any atom is 0.123 e. The van der Waals surface area contributed by atoms with Crippen LogP contribution >= 0.6 is 0 Å². The summed E-state index contributed by atoms with van der Waals surface area (Å²) >= 11 is 0. The predicted molar refractivity (Wildman–Crippen MR) is 119 cm³/mol. The normalized spacial score (nSPS) is 42.0. The molecule has 0 spiro atoms. The van der Waals surface area contributed by atoms with Crippen molar-refractivity contribution >= 4 is 11.9 Å². The second-order valence-corrected chi connectivity index (χ2v) is 10.5. The first-order valence-corrected chi connectivity index (χ1v) is 11.6. The highest BCUT2D eigenvalue weighted by atomic mass is 19.1. The van der Waals surface area contributed by atoms with Gasteiger partial charge in [-0.3, -0.25) is 0 Å². The number of aliphatic hydroxyl groups excluding tert-OH is 1. The Hall–Kier alpha value is -1.81. The molecule has 30 heavy (non-hydrogen) atoms. The van der Waals surface area contributed by atoms with Crippen LogP contribution in [-0.4, -0.2) is 23.1 Å². The van der Waals surface area contributed by atoms with Crippen molar-refractivity contribution in [3.05, 3.63) is 47.3 Å². The van der Waals surface area contributed by atoms with Gasteiger partial charge in [0.1, 0.15) is 5.82 Å². The monoisotopic (exact) mass is 408 g/mol. The second kappa shape index (κ2) is 7.40. The fourth-order valence-corrected chi connectivity index (χ4v) is 7.31. The van der Waals surface area contributed by atoms with Gasteiger partial charge in [0, 0.05) is 11.1 Å². The van der Waals surface area contributed by atoms with E-state index in [4.69, 9.17) is 0 Å². The number of nitrogens with zero attached hydrogens (tertiary/aromatic N) is 2. The lowest BCUT2D eigenvalue weighted by molar-refractivity contribution is -0.0209. The number of allylic oxidation sites excluding steroid dienone is 1. The number of rotatable bonds is 2. The van der Waals surface area contributed by atoms with Gasteiger partial charge in [0.15, 0.2) is 0 Å². The van der Waals surface area contributed by atoms with Gasteiger partial charge < -0.3 is 5.11 Å². The molecule has 5 rings (SSSR count). The lowest BCUT2D eigenvalue weighted by atomic mass is 9.48. The lowest BCUT2D eigenvalue weighted by Gasteiger charge is -2.57. The average Bonchev–Trinajstić information content (AvgIpc) is 3.06. The Morgan fingerprint density at radius 3 is 2.57 bits per heavy atom. The molecule has 6 atom stereocenters. The molecule has 0 radical (unpaired) electrons. The van der Waals surface area contributed by atoms with Gasteiger partial charge in [-0.25, -0.2) is 4.39 Å². The topological polar surface area (TPSA) is 45.0 Å². The zero-order valence-electron chi connectivity index (χ0n) is 18.1. The Morgan fingerprint density at radius 1 is 1.03 bits per heavy atom. The highest BCUT2D eigenvalue weighted by Gasteiger charge is 2.57. The molecule has 0 aliphatic heterocycles. The van der Waals surface area contributed by atoms with Crippen LogP contribution in [0, 0.1) is 34.4 Å². The van der Waals surface area contributed by atoms with Crippen molar-refractivity contribution in [2.45, 2.75) is 71.3 Å². The van der Waals surface area contributed by atoms with Crippen molar-refractivity contribution in [3.63, 3.8) is 0 Å². The summed E-state index contributed by atoms with van der Waals surface area (Å²) in [5.41, 5.74) is 4.09. The van der Waals surface area contributed by atoms with Crippen LogP contribution in [0.25, 0.3) is 0 Å². The highest BCUT2D eigenvalue weighted by Crippen LogP contribution is 2.64. The van der Waals surface area contributed by atoms with Crippen LogP contribution in [0.5, 0.6) is 0 Å². The number of hydrogen-bond donors (Lipinski definition) is 1. The molecule has 3 fully saturated rings. The zero-order valence-corrected chi connectivity index (χ0v) is 18.1. The lowest BCUT2D eigenvalue weighted by Crippen LogP contribution is -2.50. The molecule has 6 unspecified atom stereocenters. The Kier molecular flexibility index (Phi) is 4.96. The molecule has 4 aliphatic rings. The van der Waals surface area contributed by atoms with Crippen molar-refractivity contribution in [3.8, 4) is 0 Å². The largest absolute Gasteiger partial charge is 0.393 e. The minimum atomic E-state index is -0.229. The Bertz CT molecular complexity index is 904. The molecular formula is C26H33FN2O. The van der Waals surface area contributed by atoms with E-state index in [2.05, 4.69) is 30.1 Å². The third-order valence-corrected chi connectivity index (χ3v) is 9.07. The number of benzene rings is 1. The van der Waals surface area contributed by atoms with E-state index in [1.807, 2.05) is 0 Å². The molecule has 4 heteroatoms. The van der Waals surface area contributed by atoms with Crippen LogP contribution in [0.3, 0.4) is 0 Å². The molecule has 1 aromatic rings. The summed E-state index contributed by atoms with van der Waals surface area (Å²) < 4.78 is 13.1. The van der Waals surface area contributed by atoms with E-state index < -0.39 is 0 Å². The first-order valence-electron chi connectivity index (χ1n) is 11.6. The minimum absolute atomic E-state index is 0.140. The van der Waals surface area contributed by atoms with E-state index in [0.717, 1.165) is 49.5 Å². The van der Waals surface area contributed by atoms with Crippen LogP contribution < -0.4 is 0 Å². The molecule has 0 aromatic heterocycles. The Morgan fingerprint density at radius 2 is 1.77 bits per heavy atom. The van der Waals surface area contributed by atoms with Crippen molar-refractivity contribution in [2.24, 2.45) is 38.8 Å². The summed E-state index contributed by atoms with van der Waals surface area (Å²) in [5, 5.41) is 19.2. The number of hydrogen-bond acceptors (Lipinski definition) is 3. The molecule has 3 saturated carbocycles. The molecule has 0 amide bonds. The minimum Gasteiger partial charge on any atom is -0.393 e. The molecular weight excluding hydrogens is 375 g/mol. The molecule has 1 N–H and O–H groups in total. The molecule has 0 heterocycles. The Balaban J connectivity index is 1.37. The van der Waals surface area contributed by atoms with Crippen molar-refractivity contribution in [2.75, 3.05) is 0 Å². The summed E-state index contributed by atoms with van der Waals surface area (Å²) in [7, 11) is 0. The predicted octanol–water partition coefficient (Wildman–Crippen LogP) is 5.92. The van der Waals surface area contributed by atoms with Gasteiger partial charge in [-0.05, 0) is 92.2 Å². The molecule has 3 nitrogen and oxygen atoms in total. The third kappa shape index (κ3) is 3.19. The molecule has 0 bridgehead atoms. The van der Waals surface area contributed by atoms with Gasteiger partial charge in [-0.15, -0.1) is 0 Å². The van der Waals surface area contributed by atoms with E-state index >= 15 is 0 Å². The summed E-state index contributed by atoms with van der Waals surface area (Å²) in [6.07, 6.45) is 12.9. The maximum atomic E-state index is 13.1. The SMILES string of the molecule is CC12CCC(O)CC1=CCC1C2CCC2(C)/C(=N/N=C/c3ccc(F)cc3)CCC12. The fourth-order valence-electron chi connectivity index (χ4n) is 7.31. The number of aliphatic hydroxyl groups is 1. The Labute approximate surface area is 179 Å². The van der Waals surface area contributed by atoms with Gasteiger partial charge in [-0.2, -0.15) is 10.2 Å². The van der Waals surface area contributed by atoms with E-state index in [9.17, 15) is 9.50 Å². The smallest absolute Gasteiger partial charge is 0.123 e. The summed E-state index contributed by atoms with van der Waals surface area (Å²) in [6, 6.07) is 6.38. The third-order valence-electron chi connectivity index (χ3n) is 9.07. The van der Waals surface area contributed by atoms with Crippen molar-refractivity contribution < 1.29 is 9.50 Å². The summed E-state index contributed by atoms with van der Waals surface area (Å²) in [6.45, 7) is 4.89. The van der Waals surface area contributed by atoms with Gasteiger partial charge in [0.25, 0.3) is 0 Å². The summed E-state index contributed by atoms with van der Waals surface area (Å²) in [4.78, 5) is 0. The highest BCUT2D eigenvalue weighted by molar-refractivity contribution is 5.93. The molecule has 1 aromatic carbocycles. The number of halogens is 1. The summed E-state index contributed by atoms with van der Waals surface area (Å²) in [5.74, 6) is 1.91. The van der Waals surface area contributed by atoms with Gasteiger partial charge in [0.05, 0.1) is 12.3 Å². The van der Waals surface area contributed by atoms with Crippen LogP contribution in [-0.2, 0) is 0 Å². The first-order chi connectivity index (χ1) is 14.4. The van der Waals surface area contributed by atoms with Crippen LogP contribution in [0.1, 0.15) is 70.8 Å². The van der Waals surface area contributed by atoms with E-state index in [1.54, 1.807) is 18.3 Å². The maximum absolute atomic E-state index is 13.1.